The summed E-state index contributed by atoms with van der Waals surface area (Å²) in [6, 6.07) is 0. The molecule has 1 aliphatic heterocycles. The van der Waals surface area contributed by atoms with Gasteiger partial charge in [0.15, 0.2) is 0 Å². The van der Waals surface area contributed by atoms with E-state index in [1.54, 1.807) is 7.11 Å². The van der Waals surface area contributed by atoms with Crippen LogP contribution >= 0.6 is 0 Å². The second-order valence-electron chi connectivity index (χ2n) is 3.30. The van der Waals surface area contributed by atoms with Gasteiger partial charge in [0.2, 0.25) is 11.8 Å². The number of ether oxygens (including phenoxy) is 1. The summed E-state index contributed by atoms with van der Waals surface area (Å²) >= 11 is 0. The molecule has 13 heavy (non-hydrogen) atoms. The number of methoxy groups -OCH3 is 1. The molecule has 1 heterocycles. The number of unbranched alkanes of at least 4 members (excludes halogenated alkanes) is 1. The summed E-state index contributed by atoms with van der Waals surface area (Å²) in [5, 5.41) is 2.30. The Bertz CT molecular complexity index is 203. The monoisotopic (exact) mass is 185 g/mol. The Labute approximate surface area is 77.6 Å². The van der Waals surface area contributed by atoms with Gasteiger partial charge in [-0.25, -0.2) is 0 Å². The quantitative estimate of drug-likeness (QED) is 0.500. The first-order valence-electron chi connectivity index (χ1n) is 4.56. The van der Waals surface area contributed by atoms with Gasteiger partial charge >= 0.3 is 0 Å². The van der Waals surface area contributed by atoms with Crippen molar-refractivity contribution in [1.82, 2.24) is 5.32 Å². The van der Waals surface area contributed by atoms with Gasteiger partial charge in [0.25, 0.3) is 0 Å². The van der Waals surface area contributed by atoms with Crippen molar-refractivity contribution in [1.29, 1.82) is 0 Å². The number of hydrogen-bond acceptors (Lipinski definition) is 3. The Morgan fingerprint density at radius 3 is 2.77 bits per heavy atom. The number of imide groups is 1. The molecular weight excluding hydrogens is 170 g/mol. The molecule has 74 valence electrons. The number of nitrogens with one attached hydrogen (secondary N) is 1. The summed E-state index contributed by atoms with van der Waals surface area (Å²) in [5.41, 5.74) is 0. The van der Waals surface area contributed by atoms with E-state index in [9.17, 15) is 9.59 Å². The number of carbonyl (C=O) groups excluding carboxylic acids is 2. The van der Waals surface area contributed by atoms with Gasteiger partial charge in [-0.1, -0.05) is 6.42 Å². The standard InChI is InChI=1S/C9H15NO3/c1-13-5-3-2-4-7-6-8(11)10-9(7)12/h7H,2-6H2,1H3,(H,10,11,12). The molecule has 4 heteroatoms. The minimum absolute atomic E-state index is 0.0932. The molecule has 0 aromatic carbocycles. The molecule has 1 fully saturated rings. The van der Waals surface area contributed by atoms with Crippen LogP contribution in [0.2, 0.25) is 0 Å². The number of rotatable bonds is 5. The van der Waals surface area contributed by atoms with E-state index in [1.165, 1.54) is 0 Å². The van der Waals surface area contributed by atoms with Crippen LogP contribution in [0.5, 0.6) is 0 Å². The molecule has 1 saturated heterocycles. The number of carbonyl (C=O) groups is 2. The predicted octanol–water partition coefficient (Wildman–Crippen LogP) is 0.466. The number of amides is 2. The molecular formula is C9H15NO3. The molecule has 1 aliphatic rings. The highest BCUT2D eigenvalue weighted by Crippen LogP contribution is 2.17. The third-order valence-corrected chi connectivity index (χ3v) is 2.22. The summed E-state index contributed by atoms with van der Waals surface area (Å²) in [4.78, 5) is 21.9. The molecule has 0 aromatic heterocycles. The molecule has 0 spiro atoms. The Hall–Kier alpha value is -0.900. The van der Waals surface area contributed by atoms with Crippen LogP contribution in [0.25, 0.3) is 0 Å². The van der Waals surface area contributed by atoms with Gasteiger partial charge in [0, 0.05) is 26.1 Å². The maximum atomic E-state index is 11.1. The SMILES string of the molecule is COCCCCC1CC(=O)NC1=O. The smallest absolute Gasteiger partial charge is 0.230 e. The minimum Gasteiger partial charge on any atom is -0.385 e. The van der Waals surface area contributed by atoms with Gasteiger partial charge in [-0.15, -0.1) is 0 Å². The van der Waals surface area contributed by atoms with Crippen LogP contribution in [-0.4, -0.2) is 25.5 Å². The van der Waals surface area contributed by atoms with E-state index in [0.29, 0.717) is 6.42 Å². The van der Waals surface area contributed by atoms with Crippen LogP contribution in [-0.2, 0) is 14.3 Å². The zero-order valence-corrected chi connectivity index (χ0v) is 7.84. The lowest BCUT2D eigenvalue weighted by Gasteiger charge is -2.04. The van der Waals surface area contributed by atoms with Crippen LogP contribution < -0.4 is 5.32 Å². The second kappa shape index (κ2) is 4.97. The molecule has 0 radical (unpaired) electrons. The first-order valence-corrected chi connectivity index (χ1v) is 4.56. The summed E-state index contributed by atoms with van der Waals surface area (Å²) in [6.07, 6.45) is 3.06. The third kappa shape index (κ3) is 3.14. The molecule has 4 nitrogen and oxygen atoms in total. The zero-order chi connectivity index (χ0) is 9.68. The van der Waals surface area contributed by atoms with E-state index in [-0.39, 0.29) is 17.7 Å². The zero-order valence-electron chi connectivity index (χ0n) is 7.84. The molecule has 0 bridgehead atoms. The molecule has 1 unspecified atom stereocenters. The Morgan fingerprint density at radius 1 is 1.46 bits per heavy atom. The van der Waals surface area contributed by atoms with Crippen molar-refractivity contribution in [3.05, 3.63) is 0 Å². The van der Waals surface area contributed by atoms with Crippen LogP contribution in [0.1, 0.15) is 25.7 Å². The van der Waals surface area contributed by atoms with E-state index in [0.717, 1.165) is 25.9 Å². The van der Waals surface area contributed by atoms with Gasteiger partial charge in [0.05, 0.1) is 0 Å². The Kier molecular flexibility index (Phi) is 3.89. The van der Waals surface area contributed by atoms with Gasteiger partial charge in [-0.3, -0.25) is 14.9 Å². The fourth-order valence-corrected chi connectivity index (χ4v) is 1.48. The summed E-state index contributed by atoms with van der Waals surface area (Å²) < 4.78 is 4.89. The topological polar surface area (TPSA) is 55.4 Å². The lowest BCUT2D eigenvalue weighted by Crippen LogP contribution is -2.22. The number of hydrogen-bond donors (Lipinski definition) is 1. The van der Waals surface area contributed by atoms with Crippen molar-refractivity contribution in [2.75, 3.05) is 13.7 Å². The average molecular weight is 185 g/mol. The van der Waals surface area contributed by atoms with E-state index in [1.807, 2.05) is 0 Å². The van der Waals surface area contributed by atoms with Crippen LogP contribution in [0.3, 0.4) is 0 Å². The van der Waals surface area contributed by atoms with Crippen molar-refractivity contribution in [2.24, 2.45) is 5.92 Å². The maximum Gasteiger partial charge on any atom is 0.230 e. The summed E-state index contributed by atoms with van der Waals surface area (Å²) in [5.74, 6) is -0.339. The Balaban J connectivity index is 2.14. The molecule has 0 aliphatic carbocycles. The van der Waals surface area contributed by atoms with Crippen molar-refractivity contribution in [3.8, 4) is 0 Å². The highest BCUT2D eigenvalue weighted by molar-refractivity contribution is 6.03. The predicted molar refractivity (Wildman–Crippen MR) is 47.0 cm³/mol. The van der Waals surface area contributed by atoms with E-state index in [4.69, 9.17) is 4.74 Å². The molecule has 1 rings (SSSR count). The first kappa shape index (κ1) is 10.2. The maximum absolute atomic E-state index is 11.1. The molecule has 2 amide bonds. The third-order valence-electron chi connectivity index (χ3n) is 2.22. The summed E-state index contributed by atoms with van der Waals surface area (Å²) in [7, 11) is 1.66. The van der Waals surface area contributed by atoms with Crippen LogP contribution in [0, 0.1) is 5.92 Å². The normalized spacial score (nSPS) is 22.1. The van der Waals surface area contributed by atoms with Gasteiger partial charge in [-0.05, 0) is 12.8 Å². The summed E-state index contributed by atoms with van der Waals surface area (Å²) in [6.45, 7) is 0.724. The van der Waals surface area contributed by atoms with Gasteiger partial charge in [0.1, 0.15) is 0 Å². The Morgan fingerprint density at radius 2 is 2.23 bits per heavy atom. The fourth-order valence-electron chi connectivity index (χ4n) is 1.48. The lowest BCUT2D eigenvalue weighted by atomic mass is 10.0. The van der Waals surface area contributed by atoms with E-state index < -0.39 is 0 Å². The van der Waals surface area contributed by atoms with E-state index >= 15 is 0 Å². The average Bonchev–Trinajstić information content (AvgIpc) is 2.39. The van der Waals surface area contributed by atoms with Gasteiger partial charge in [-0.2, -0.15) is 0 Å². The largest absolute Gasteiger partial charge is 0.385 e. The van der Waals surface area contributed by atoms with Gasteiger partial charge < -0.3 is 4.74 Å². The van der Waals surface area contributed by atoms with Crippen molar-refractivity contribution in [3.63, 3.8) is 0 Å². The van der Waals surface area contributed by atoms with Crippen molar-refractivity contribution < 1.29 is 14.3 Å². The highest BCUT2D eigenvalue weighted by Gasteiger charge is 2.29. The molecule has 1 atom stereocenters. The van der Waals surface area contributed by atoms with E-state index in [2.05, 4.69) is 5.32 Å². The molecule has 0 aromatic rings. The van der Waals surface area contributed by atoms with Crippen molar-refractivity contribution in [2.45, 2.75) is 25.7 Å². The van der Waals surface area contributed by atoms with Crippen molar-refractivity contribution >= 4 is 11.8 Å². The molecule has 0 saturated carbocycles. The molecule has 1 N–H and O–H groups in total. The van der Waals surface area contributed by atoms with Crippen LogP contribution in [0.4, 0.5) is 0 Å². The lowest BCUT2D eigenvalue weighted by molar-refractivity contribution is -0.125. The fraction of sp³-hybridized carbons (Fsp3) is 0.778. The first-order chi connectivity index (χ1) is 6.24. The van der Waals surface area contributed by atoms with Crippen LogP contribution in [0.15, 0.2) is 0 Å². The minimum atomic E-state index is -0.137. The highest BCUT2D eigenvalue weighted by atomic mass is 16.5. The second-order valence-corrected chi connectivity index (χ2v) is 3.30.